The van der Waals surface area contributed by atoms with Crippen LogP contribution in [0, 0.1) is 11.6 Å². The minimum Gasteiger partial charge on any atom is -0.341 e. The largest absolute Gasteiger partial charge is 0.341 e. The highest BCUT2D eigenvalue weighted by molar-refractivity contribution is 9.10. The minimum absolute atomic E-state index is 0.0919. The lowest BCUT2D eigenvalue weighted by molar-refractivity contribution is 0.254. The van der Waals surface area contributed by atoms with Crippen molar-refractivity contribution in [2.75, 3.05) is 12.4 Å². The van der Waals surface area contributed by atoms with Crippen molar-refractivity contribution in [2.24, 2.45) is 0 Å². The van der Waals surface area contributed by atoms with Gasteiger partial charge in [-0.15, -0.1) is 0 Å². The van der Waals surface area contributed by atoms with Gasteiger partial charge in [0.2, 0.25) is 0 Å². The van der Waals surface area contributed by atoms with Crippen molar-refractivity contribution in [2.45, 2.75) is 0 Å². The van der Waals surface area contributed by atoms with Gasteiger partial charge in [-0.2, -0.15) is 0 Å². The Labute approximate surface area is 87.6 Å². The van der Waals surface area contributed by atoms with Crippen LogP contribution >= 0.6 is 15.9 Å². The van der Waals surface area contributed by atoms with Crippen LogP contribution < -0.4 is 10.6 Å². The van der Waals surface area contributed by atoms with Crippen LogP contribution in [-0.2, 0) is 0 Å². The van der Waals surface area contributed by atoms with E-state index < -0.39 is 17.7 Å². The number of hydrogen-bond donors (Lipinski definition) is 2. The van der Waals surface area contributed by atoms with Gasteiger partial charge in [-0.3, -0.25) is 0 Å². The van der Waals surface area contributed by atoms with Crippen LogP contribution in [-0.4, -0.2) is 13.1 Å². The van der Waals surface area contributed by atoms with Crippen LogP contribution in [0.15, 0.2) is 16.6 Å². The van der Waals surface area contributed by atoms with E-state index in [0.29, 0.717) is 6.07 Å². The maximum atomic E-state index is 13.1. The third-order valence-corrected chi connectivity index (χ3v) is 2.10. The fraction of sp³-hybridized carbons (Fsp3) is 0.125. The number of amides is 2. The summed E-state index contributed by atoms with van der Waals surface area (Å²) in [5.41, 5.74) is -0.0919. The lowest BCUT2D eigenvalue weighted by Gasteiger charge is -2.07. The monoisotopic (exact) mass is 264 g/mol. The zero-order chi connectivity index (χ0) is 10.7. The molecular formula is C8H7BrF2N2O. The molecule has 6 heteroatoms. The molecule has 0 saturated carbocycles. The molecular weight excluding hydrogens is 258 g/mol. The van der Waals surface area contributed by atoms with Crippen molar-refractivity contribution in [3.8, 4) is 0 Å². The molecule has 1 aromatic carbocycles. The molecule has 0 atom stereocenters. The fourth-order valence-electron chi connectivity index (χ4n) is 0.838. The average Bonchev–Trinajstić information content (AvgIpc) is 2.10. The third-order valence-electron chi connectivity index (χ3n) is 1.47. The van der Waals surface area contributed by atoms with E-state index in [0.717, 1.165) is 6.07 Å². The molecule has 0 aliphatic carbocycles. The molecule has 1 aromatic rings. The van der Waals surface area contributed by atoms with Crippen LogP contribution in [0.4, 0.5) is 19.3 Å². The van der Waals surface area contributed by atoms with Crippen molar-refractivity contribution in [1.29, 1.82) is 0 Å². The third kappa shape index (κ3) is 2.41. The number of carbonyl (C=O) groups excluding carboxylic acids is 1. The smallest absolute Gasteiger partial charge is 0.319 e. The molecule has 0 spiro atoms. The summed E-state index contributed by atoms with van der Waals surface area (Å²) in [7, 11) is 1.39. The highest BCUT2D eigenvalue weighted by atomic mass is 79.9. The van der Waals surface area contributed by atoms with Crippen molar-refractivity contribution >= 4 is 27.6 Å². The van der Waals surface area contributed by atoms with Gasteiger partial charge >= 0.3 is 6.03 Å². The predicted octanol–water partition coefficient (Wildman–Crippen LogP) is 2.48. The zero-order valence-electron chi connectivity index (χ0n) is 7.20. The van der Waals surface area contributed by atoms with Gasteiger partial charge in [-0.25, -0.2) is 13.6 Å². The molecule has 3 nitrogen and oxygen atoms in total. The number of anilines is 1. The normalized spacial score (nSPS) is 9.71. The summed E-state index contributed by atoms with van der Waals surface area (Å²) in [4.78, 5) is 10.9. The van der Waals surface area contributed by atoms with Gasteiger partial charge in [0.15, 0.2) is 5.82 Å². The average molecular weight is 265 g/mol. The Morgan fingerprint density at radius 1 is 1.43 bits per heavy atom. The first kappa shape index (κ1) is 10.9. The number of urea groups is 1. The first-order valence-corrected chi connectivity index (χ1v) is 4.47. The maximum Gasteiger partial charge on any atom is 0.319 e. The van der Waals surface area contributed by atoms with Crippen LogP contribution in [0.3, 0.4) is 0 Å². The summed E-state index contributed by atoms with van der Waals surface area (Å²) < 4.78 is 25.9. The number of carbonyl (C=O) groups is 1. The number of halogens is 3. The molecule has 0 aromatic heterocycles. The Hall–Kier alpha value is -1.17. The van der Waals surface area contributed by atoms with E-state index in [-0.39, 0.29) is 10.2 Å². The van der Waals surface area contributed by atoms with E-state index in [2.05, 4.69) is 26.6 Å². The van der Waals surface area contributed by atoms with Gasteiger partial charge in [0.1, 0.15) is 5.82 Å². The number of nitrogens with one attached hydrogen (secondary N) is 2. The molecule has 14 heavy (non-hydrogen) atoms. The summed E-state index contributed by atoms with van der Waals surface area (Å²) in [6.45, 7) is 0. The first-order valence-electron chi connectivity index (χ1n) is 3.68. The molecule has 0 aliphatic rings. The van der Waals surface area contributed by atoms with Crippen molar-refractivity contribution in [3.63, 3.8) is 0 Å². The molecule has 0 saturated heterocycles. The predicted molar refractivity (Wildman–Crippen MR) is 52.1 cm³/mol. The molecule has 1 rings (SSSR count). The molecule has 2 N–H and O–H groups in total. The van der Waals surface area contributed by atoms with E-state index in [1.807, 2.05) is 0 Å². The lowest BCUT2D eigenvalue weighted by Crippen LogP contribution is -2.25. The van der Waals surface area contributed by atoms with E-state index >= 15 is 0 Å². The first-order chi connectivity index (χ1) is 6.54. The molecule has 0 radical (unpaired) electrons. The SMILES string of the molecule is CNC(=O)Nc1c(F)cc(F)cc1Br. The van der Waals surface area contributed by atoms with Gasteiger partial charge in [0, 0.05) is 17.6 Å². The van der Waals surface area contributed by atoms with E-state index in [1.165, 1.54) is 7.05 Å². The Bertz CT molecular complexity index is 347. The van der Waals surface area contributed by atoms with Crippen molar-refractivity contribution in [3.05, 3.63) is 28.2 Å². The summed E-state index contributed by atoms with van der Waals surface area (Å²) in [5, 5.41) is 4.47. The second-order valence-electron chi connectivity index (χ2n) is 2.45. The molecule has 76 valence electrons. The van der Waals surface area contributed by atoms with Crippen LogP contribution in [0.2, 0.25) is 0 Å². The topological polar surface area (TPSA) is 41.1 Å². The molecule has 2 amide bonds. The molecule has 0 unspecified atom stereocenters. The standard InChI is InChI=1S/C8H7BrF2N2O/c1-12-8(14)13-7-5(9)2-4(10)3-6(7)11/h2-3H,1H3,(H2,12,13,14). The molecule has 0 bridgehead atoms. The fourth-order valence-corrected chi connectivity index (χ4v) is 1.34. The Morgan fingerprint density at radius 3 is 2.57 bits per heavy atom. The van der Waals surface area contributed by atoms with Gasteiger partial charge < -0.3 is 10.6 Å². The van der Waals surface area contributed by atoms with Gasteiger partial charge in [-0.1, -0.05) is 0 Å². The Kier molecular flexibility index (Phi) is 3.40. The lowest BCUT2D eigenvalue weighted by atomic mass is 10.3. The Balaban J connectivity index is 3.02. The van der Waals surface area contributed by atoms with Crippen LogP contribution in [0.1, 0.15) is 0 Å². The second-order valence-corrected chi connectivity index (χ2v) is 3.30. The quantitative estimate of drug-likeness (QED) is 0.804. The zero-order valence-corrected chi connectivity index (χ0v) is 8.78. The molecule has 0 heterocycles. The maximum absolute atomic E-state index is 13.1. The van der Waals surface area contributed by atoms with Gasteiger partial charge in [0.25, 0.3) is 0 Å². The van der Waals surface area contributed by atoms with E-state index in [1.54, 1.807) is 0 Å². The van der Waals surface area contributed by atoms with Crippen LogP contribution in [0.25, 0.3) is 0 Å². The van der Waals surface area contributed by atoms with Crippen molar-refractivity contribution in [1.82, 2.24) is 5.32 Å². The number of hydrogen-bond acceptors (Lipinski definition) is 1. The van der Waals surface area contributed by atoms with Gasteiger partial charge in [0.05, 0.1) is 5.69 Å². The van der Waals surface area contributed by atoms with E-state index in [4.69, 9.17) is 0 Å². The summed E-state index contributed by atoms with van der Waals surface area (Å²) >= 11 is 2.93. The molecule has 0 aliphatic heterocycles. The van der Waals surface area contributed by atoms with Gasteiger partial charge in [-0.05, 0) is 22.0 Å². The molecule has 0 fully saturated rings. The van der Waals surface area contributed by atoms with Crippen molar-refractivity contribution < 1.29 is 13.6 Å². The highest BCUT2D eigenvalue weighted by Crippen LogP contribution is 2.26. The van der Waals surface area contributed by atoms with E-state index in [9.17, 15) is 13.6 Å². The summed E-state index contributed by atoms with van der Waals surface area (Å²) in [6, 6.07) is 1.18. The summed E-state index contributed by atoms with van der Waals surface area (Å²) in [6.07, 6.45) is 0. The second kappa shape index (κ2) is 4.36. The summed E-state index contributed by atoms with van der Waals surface area (Å²) in [5.74, 6) is -1.54. The number of benzene rings is 1. The highest BCUT2D eigenvalue weighted by Gasteiger charge is 2.11. The Morgan fingerprint density at radius 2 is 2.07 bits per heavy atom. The minimum atomic E-state index is -0.833. The number of rotatable bonds is 1. The van der Waals surface area contributed by atoms with Crippen LogP contribution in [0.5, 0.6) is 0 Å².